The minimum absolute atomic E-state index is 0. The lowest BCUT2D eigenvalue weighted by atomic mass is 10.1. The summed E-state index contributed by atoms with van der Waals surface area (Å²) in [6.45, 7) is 1.58. The maximum Gasteiger partial charge on any atom is 0.305 e. The van der Waals surface area contributed by atoms with Crippen molar-refractivity contribution in [2.75, 3.05) is 34.4 Å². The van der Waals surface area contributed by atoms with E-state index in [4.69, 9.17) is 4.74 Å². The Morgan fingerprint density at radius 1 is 1.08 bits per heavy atom. The molecule has 0 fully saturated rings. The molecule has 6 nitrogen and oxygen atoms in total. The molecule has 0 aliphatic carbocycles. The lowest BCUT2D eigenvalue weighted by molar-refractivity contribution is -0.140. The van der Waals surface area contributed by atoms with Crippen LogP contribution in [0.3, 0.4) is 0 Å². The van der Waals surface area contributed by atoms with Crippen LogP contribution in [0, 0.1) is 0 Å². The van der Waals surface area contributed by atoms with Crippen molar-refractivity contribution in [3.8, 4) is 5.75 Å². The molecule has 2 N–H and O–H groups in total. The van der Waals surface area contributed by atoms with E-state index in [-0.39, 0.29) is 29.9 Å². The fraction of sp³-hybridized carbons (Fsp3) is 0.529. The van der Waals surface area contributed by atoms with Gasteiger partial charge in [0, 0.05) is 26.6 Å². The molecule has 0 spiro atoms. The first-order valence-corrected chi connectivity index (χ1v) is 7.84. The van der Waals surface area contributed by atoms with Crippen LogP contribution in [-0.2, 0) is 16.0 Å². The first kappa shape index (κ1) is 22.5. The van der Waals surface area contributed by atoms with Crippen molar-refractivity contribution >= 4 is 35.9 Å². The van der Waals surface area contributed by atoms with Crippen LogP contribution < -0.4 is 15.4 Å². The van der Waals surface area contributed by atoms with E-state index in [9.17, 15) is 4.79 Å². The van der Waals surface area contributed by atoms with E-state index in [1.54, 1.807) is 14.2 Å². The average Bonchev–Trinajstić information content (AvgIpc) is 2.60. The number of nitrogens with zero attached hydrogens (tertiary/aromatic N) is 1. The van der Waals surface area contributed by atoms with Crippen LogP contribution in [0.5, 0.6) is 5.75 Å². The molecule has 0 aromatic heterocycles. The number of nitrogens with one attached hydrogen (secondary N) is 2. The molecule has 0 aliphatic heterocycles. The smallest absolute Gasteiger partial charge is 0.305 e. The van der Waals surface area contributed by atoms with E-state index in [0.29, 0.717) is 6.42 Å². The van der Waals surface area contributed by atoms with Crippen molar-refractivity contribution in [1.29, 1.82) is 0 Å². The topological polar surface area (TPSA) is 72.0 Å². The molecule has 0 unspecified atom stereocenters. The minimum Gasteiger partial charge on any atom is -0.497 e. The Morgan fingerprint density at radius 2 is 1.75 bits per heavy atom. The van der Waals surface area contributed by atoms with Crippen molar-refractivity contribution in [3.05, 3.63) is 29.8 Å². The van der Waals surface area contributed by atoms with Gasteiger partial charge >= 0.3 is 5.97 Å². The van der Waals surface area contributed by atoms with Crippen molar-refractivity contribution in [2.24, 2.45) is 4.99 Å². The number of aliphatic imine (C=N–C) groups is 1. The van der Waals surface area contributed by atoms with E-state index in [1.807, 2.05) is 12.1 Å². The van der Waals surface area contributed by atoms with Gasteiger partial charge in [-0.25, -0.2) is 0 Å². The Hall–Kier alpha value is -1.51. The van der Waals surface area contributed by atoms with Gasteiger partial charge in [0.2, 0.25) is 0 Å². The minimum atomic E-state index is -0.160. The Balaban J connectivity index is 0.00000529. The van der Waals surface area contributed by atoms with E-state index in [0.717, 1.165) is 44.1 Å². The van der Waals surface area contributed by atoms with Crippen LogP contribution >= 0.6 is 24.0 Å². The zero-order chi connectivity index (χ0) is 16.9. The molecule has 24 heavy (non-hydrogen) atoms. The van der Waals surface area contributed by atoms with Crippen LogP contribution in [0.2, 0.25) is 0 Å². The van der Waals surface area contributed by atoms with E-state index >= 15 is 0 Å². The zero-order valence-corrected chi connectivity index (χ0v) is 17.0. The molecule has 7 heteroatoms. The highest BCUT2D eigenvalue weighted by atomic mass is 127. The molecule has 1 rings (SSSR count). The number of hydrogen-bond donors (Lipinski definition) is 2. The third-order valence-electron chi connectivity index (χ3n) is 3.42. The van der Waals surface area contributed by atoms with Gasteiger partial charge in [0.25, 0.3) is 0 Å². The first-order valence-electron chi connectivity index (χ1n) is 7.84. The molecular formula is C17H28IN3O3. The Labute approximate surface area is 161 Å². The first-order chi connectivity index (χ1) is 11.2. The molecule has 0 saturated heterocycles. The highest BCUT2D eigenvalue weighted by molar-refractivity contribution is 14.0. The third kappa shape index (κ3) is 9.59. The molecule has 0 heterocycles. The Morgan fingerprint density at radius 3 is 2.33 bits per heavy atom. The maximum atomic E-state index is 11.0. The number of halogens is 1. The number of methoxy groups -OCH3 is 2. The molecule has 0 radical (unpaired) electrons. The summed E-state index contributed by atoms with van der Waals surface area (Å²) in [6.07, 6.45) is 3.07. The maximum absolute atomic E-state index is 11.0. The number of benzene rings is 1. The van der Waals surface area contributed by atoms with Gasteiger partial charge in [0.1, 0.15) is 5.75 Å². The second-order valence-corrected chi connectivity index (χ2v) is 5.06. The molecule has 0 aliphatic rings. The van der Waals surface area contributed by atoms with Gasteiger partial charge in [-0.1, -0.05) is 12.1 Å². The van der Waals surface area contributed by atoms with Crippen molar-refractivity contribution in [3.63, 3.8) is 0 Å². The number of unbranched alkanes of at least 4 members (excludes halogenated alkanes) is 1. The van der Waals surface area contributed by atoms with Crippen molar-refractivity contribution < 1.29 is 14.3 Å². The summed E-state index contributed by atoms with van der Waals surface area (Å²) < 4.78 is 9.75. The molecule has 136 valence electrons. The second-order valence-electron chi connectivity index (χ2n) is 5.06. The van der Waals surface area contributed by atoms with Gasteiger partial charge in [-0.2, -0.15) is 0 Å². The monoisotopic (exact) mass is 449 g/mol. The van der Waals surface area contributed by atoms with E-state index in [1.165, 1.54) is 12.7 Å². The number of esters is 1. The quantitative estimate of drug-likeness (QED) is 0.199. The number of rotatable bonds is 9. The highest BCUT2D eigenvalue weighted by Gasteiger charge is 2.01. The number of guanidine groups is 1. The fourth-order valence-electron chi connectivity index (χ4n) is 2.04. The van der Waals surface area contributed by atoms with Gasteiger partial charge in [0.05, 0.1) is 14.2 Å². The predicted octanol–water partition coefficient (Wildman–Crippen LogP) is 2.36. The lowest BCUT2D eigenvalue weighted by Gasteiger charge is -2.12. The standard InChI is InChI=1S/C17H27N3O3.HI/c1-18-17(19-12-5-4-6-16(21)23-3)20-13-11-14-7-9-15(22-2)10-8-14;/h7-10H,4-6,11-13H2,1-3H3,(H2,18,19,20);1H. The van der Waals surface area contributed by atoms with Gasteiger partial charge in [-0.15, -0.1) is 24.0 Å². The largest absolute Gasteiger partial charge is 0.497 e. The molecular weight excluding hydrogens is 421 g/mol. The third-order valence-corrected chi connectivity index (χ3v) is 3.42. The van der Waals surface area contributed by atoms with Gasteiger partial charge in [0.15, 0.2) is 5.96 Å². The van der Waals surface area contributed by atoms with Crippen LogP contribution in [0.25, 0.3) is 0 Å². The normalized spacial score (nSPS) is 10.5. The Bertz CT molecular complexity index is 492. The van der Waals surface area contributed by atoms with Crippen molar-refractivity contribution in [2.45, 2.75) is 25.7 Å². The van der Waals surface area contributed by atoms with Crippen LogP contribution in [0.15, 0.2) is 29.3 Å². The summed E-state index contributed by atoms with van der Waals surface area (Å²) in [4.78, 5) is 15.2. The summed E-state index contributed by atoms with van der Waals surface area (Å²) in [5.74, 6) is 1.48. The molecule has 0 saturated carbocycles. The summed E-state index contributed by atoms with van der Waals surface area (Å²) in [7, 11) is 4.82. The lowest BCUT2D eigenvalue weighted by Crippen LogP contribution is -2.38. The average molecular weight is 449 g/mol. The zero-order valence-electron chi connectivity index (χ0n) is 14.6. The number of carbonyl (C=O) groups is 1. The second kappa shape index (κ2) is 13.9. The van der Waals surface area contributed by atoms with Gasteiger partial charge in [-0.05, 0) is 37.0 Å². The Kier molecular flexibility index (Phi) is 13.0. The highest BCUT2D eigenvalue weighted by Crippen LogP contribution is 2.11. The van der Waals surface area contributed by atoms with Crippen LogP contribution in [0.1, 0.15) is 24.8 Å². The van der Waals surface area contributed by atoms with Gasteiger partial charge < -0.3 is 20.1 Å². The summed E-state index contributed by atoms with van der Waals surface area (Å²) in [6, 6.07) is 8.04. The molecule has 1 aromatic carbocycles. The summed E-state index contributed by atoms with van der Waals surface area (Å²) >= 11 is 0. The molecule has 0 bridgehead atoms. The van der Waals surface area contributed by atoms with Crippen molar-refractivity contribution in [1.82, 2.24) is 10.6 Å². The summed E-state index contributed by atoms with van der Waals surface area (Å²) in [5.41, 5.74) is 1.24. The molecule has 0 amide bonds. The number of ether oxygens (including phenoxy) is 2. The van der Waals surface area contributed by atoms with E-state index < -0.39 is 0 Å². The number of hydrogen-bond acceptors (Lipinski definition) is 4. The summed E-state index contributed by atoms with van der Waals surface area (Å²) in [5, 5.41) is 6.51. The van der Waals surface area contributed by atoms with Crippen LogP contribution in [0.4, 0.5) is 0 Å². The SMILES string of the molecule is CN=C(NCCCCC(=O)OC)NCCc1ccc(OC)cc1.I. The van der Waals surface area contributed by atoms with Gasteiger partial charge in [-0.3, -0.25) is 9.79 Å². The van der Waals surface area contributed by atoms with E-state index in [2.05, 4.69) is 32.5 Å². The predicted molar refractivity (Wildman–Crippen MR) is 107 cm³/mol. The molecule has 1 aromatic rings. The fourth-order valence-corrected chi connectivity index (χ4v) is 2.04. The van der Waals surface area contributed by atoms with Crippen LogP contribution in [-0.4, -0.2) is 46.3 Å². The number of carbonyl (C=O) groups excluding carboxylic acids is 1. The molecule has 0 atom stereocenters.